The summed E-state index contributed by atoms with van der Waals surface area (Å²) in [4.78, 5) is 0. The van der Waals surface area contributed by atoms with Crippen molar-refractivity contribution >= 4 is 0 Å². The van der Waals surface area contributed by atoms with Crippen LogP contribution >= 0.6 is 0 Å². The maximum absolute atomic E-state index is 8.52. The standard InChI is InChI=1S/C9H7N3/c1-2-8(6-11)5-9(7-12)3-4-10/h1,8-9H,3,5H2. The van der Waals surface area contributed by atoms with Crippen LogP contribution in [0.4, 0.5) is 0 Å². The summed E-state index contributed by atoms with van der Waals surface area (Å²) in [5.41, 5.74) is 0. The van der Waals surface area contributed by atoms with Gasteiger partial charge in [0.05, 0.1) is 30.5 Å². The molecule has 0 aliphatic carbocycles. The van der Waals surface area contributed by atoms with E-state index < -0.39 is 11.8 Å². The van der Waals surface area contributed by atoms with E-state index in [2.05, 4.69) is 5.92 Å². The molecule has 0 saturated heterocycles. The molecule has 0 amide bonds. The Morgan fingerprint density at radius 2 is 1.83 bits per heavy atom. The Bertz CT molecular complexity index is 278. The van der Waals surface area contributed by atoms with Crippen LogP contribution in [-0.2, 0) is 0 Å². The second-order valence-corrected chi connectivity index (χ2v) is 2.27. The molecule has 0 bridgehead atoms. The highest BCUT2D eigenvalue weighted by Gasteiger charge is 2.12. The van der Waals surface area contributed by atoms with Gasteiger partial charge in [0.2, 0.25) is 0 Å². The van der Waals surface area contributed by atoms with Gasteiger partial charge in [-0.2, -0.15) is 15.8 Å². The predicted molar refractivity (Wildman–Crippen MR) is 41.9 cm³/mol. The van der Waals surface area contributed by atoms with Gasteiger partial charge in [-0.1, -0.05) is 5.92 Å². The number of terminal acetylenes is 1. The molecule has 0 saturated carbocycles. The summed E-state index contributed by atoms with van der Waals surface area (Å²) in [6, 6.07) is 5.68. The molecule has 58 valence electrons. The quantitative estimate of drug-likeness (QED) is 0.578. The first-order chi connectivity index (χ1) is 5.78. The Kier molecular flexibility index (Phi) is 4.84. The zero-order chi connectivity index (χ0) is 9.40. The van der Waals surface area contributed by atoms with Crippen molar-refractivity contribution in [2.75, 3.05) is 0 Å². The van der Waals surface area contributed by atoms with Gasteiger partial charge >= 0.3 is 0 Å². The predicted octanol–water partition coefficient (Wildman–Crippen LogP) is 1.20. The van der Waals surface area contributed by atoms with E-state index in [-0.39, 0.29) is 12.8 Å². The number of nitriles is 3. The number of hydrogen-bond acceptors (Lipinski definition) is 3. The highest BCUT2D eigenvalue weighted by atomic mass is 14.3. The van der Waals surface area contributed by atoms with E-state index in [0.29, 0.717) is 0 Å². The molecule has 0 rings (SSSR count). The minimum Gasteiger partial charge on any atom is -0.198 e. The zero-order valence-electron chi connectivity index (χ0n) is 6.49. The monoisotopic (exact) mass is 157 g/mol. The van der Waals surface area contributed by atoms with Gasteiger partial charge in [-0.3, -0.25) is 0 Å². The van der Waals surface area contributed by atoms with Crippen molar-refractivity contribution in [1.29, 1.82) is 15.8 Å². The van der Waals surface area contributed by atoms with Gasteiger partial charge in [-0.05, 0) is 6.42 Å². The molecule has 2 atom stereocenters. The normalized spacial score (nSPS) is 12.7. The number of nitrogens with zero attached hydrogens (tertiary/aromatic N) is 3. The molecule has 0 aromatic rings. The van der Waals surface area contributed by atoms with Crippen molar-refractivity contribution < 1.29 is 0 Å². The van der Waals surface area contributed by atoms with Crippen LogP contribution in [-0.4, -0.2) is 0 Å². The summed E-state index contributed by atoms with van der Waals surface area (Å²) >= 11 is 0. The molecule has 0 aromatic carbocycles. The fourth-order valence-electron chi connectivity index (χ4n) is 0.734. The molecule has 0 fully saturated rings. The molecular formula is C9H7N3. The van der Waals surface area contributed by atoms with Crippen molar-refractivity contribution in [3.63, 3.8) is 0 Å². The van der Waals surface area contributed by atoms with E-state index in [0.717, 1.165) is 0 Å². The van der Waals surface area contributed by atoms with Gasteiger partial charge in [0.1, 0.15) is 5.92 Å². The van der Waals surface area contributed by atoms with E-state index in [1.807, 2.05) is 18.2 Å². The summed E-state index contributed by atoms with van der Waals surface area (Å²) in [6.45, 7) is 0. The van der Waals surface area contributed by atoms with Crippen LogP contribution in [0.3, 0.4) is 0 Å². The minimum absolute atomic E-state index is 0.135. The lowest BCUT2D eigenvalue weighted by Crippen LogP contribution is -2.03. The minimum atomic E-state index is -0.553. The molecule has 3 heteroatoms. The molecule has 2 unspecified atom stereocenters. The Morgan fingerprint density at radius 1 is 1.17 bits per heavy atom. The van der Waals surface area contributed by atoms with Crippen LogP contribution in [0.1, 0.15) is 12.8 Å². The van der Waals surface area contributed by atoms with Crippen LogP contribution in [0.2, 0.25) is 0 Å². The molecule has 3 nitrogen and oxygen atoms in total. The maximum atomic E-state index is 8.52. The third-order valence-corrected chi connectivity index (χ3v) is 1.40. The average Bonchev–Trinajstić information content (AvgIpc) is 2.12. The number of rotatable bonds is 3. The summed E-state index contributed by atoms with van der Waals surface area (Å²) in [5.74, 6) is 1.28. The van der Waals surface area contributed by atoms with Gasteiger partial charge in [0, 0.05) is 0 Å². The van der Waals surface area contributed by atoms with Gasteiger partial charge < -0.3 is 0 Å². The van der Waals surface area contributed by atoms with Gasteiger partial charge in [-0.15, -0.1) is 6.42 Å². The smallest absolute Gasteiger partial charge is 0.108 e. The average molecular weight is 157 g/mol. The Hall–Kier alpha value is -1.97. The molecule has 0 spiro atoms. The maximum Gasteiger partial charge on any atom is 0.108 e. The van der Waals surface area contributed by atoms with Crippen molar-refractivity contribution in [2.24, 2.45) is 11.8 Å². The highest BCUT2D eigenvalue weighted by Crippen LogP contribution is 2.13. The Morgan fingerprint density at radius 3 is 2.17 bits per heavy atom. The second kappa shape index (κ2) is 5.79. The summed E-state index contributed by atoms with van der Waals surface area (Å²) in [7, 11) is 0. The molecule has 0 heterocycles. The van der Waals surface area contributed by atoms with Gasteiger partial charge in [-0.25, -0.2) is 0 Å². The van der Waals surface area contributed by atoms with E-state index in [4.69, 9.17) is 22.2 Å². The zero-order valence-corrected chi connectivity index (χ0v) is 6.49. The topological polar surface area (TPSA) is 71.4 Å². The molecule has 0 aliphatic heterocycles. The molecule has 12 heavy (non-hydrogen) atoms. The van der Waals surface area contributed by atoms with Crippen LogP contribution in [0.15, 0.2) is 0 Å². The third-order valence-electron chi connectivity index (χ3n) is 1.40. The fourth-order valence-corrected chi connectivity index (χ4v) is 0.734. The third kappa shape index (κ3) is 3.26. The van der Waals surface area contributed by atoms with E-state index >= 15 is 0 Å². The first-order valence-corrected chi connectivity index (χ1v) is 3.40. The lowest BCUT2D eigenvalue weighted by atomic mass is 9.95. The molecule has 0 aromatic heterocycles. The van der Waals surface area contributed by atoms with Crippen molar-refractivity contribution in [2.45, 2.75) is 12.8 Å². The first kappa shape index (κ1) is 10.0. The molecular weight excluding hydrogens is 150 g/mol. The Labute approximate surface area is 71.8 Å². The highest BCUT2D eigenvalue weighted by molar-refractivity contribution is 5.08. The molecule has 0 aliphatic rings. The van der Waals surface area contributed by atoms with Crippen LogP contribution in [0, 0.1) is 58.2 Å². The Balaban J connectivity index is 4.09. The van der Waals surface area contributed by atoms with Crippen LogP contribution in [0.25, 0.3) is 0 Å². The van der Waals surface area contributed by atoms with Crippen LogP contribution < -0.4 is 0 Å². The largest absolute Gasteiger partial charge is 0.198 e. The number of hydrogen-bond donors (Lipinski definition) is 0. The van der Waals surface area contributed by atoms with Crippen molar-refractivity contribution in [1.82, 2.24) is 0 Å². The lowest BCUT2D eigenvalue weighted by Gasteiger charge is -2.03. The SMILES string of the molecule is C#CC(C#N)CC(C#N)CC#N. The summed E-state index contributed by atoms with van der Waals surface area (Å²) in [5, 5.41) is 25.3. The molecule has 0 radical (unpaired) electrons. The second-order valence-electron chi connectivity index (χ2n) is 2.27. The fraction of sp³-hybridized carbons (Fsp3) is 0.444. The van der Waals surface area contributed by atoms with Gasteiger partial charge in [0.15, 0.2) is 0 Å². The lowest BCUT2D eigenvalue weighted by molar-refractivity contribution is 0.575. The van der Waals surface area contributed by atoms with E-state index in [1.165, 1.54) is 0 Å². The summed E-state index contributed by atoms with van der Waals surface area (Å²) < 4.78 is 0. The van der Waals surface area contributed by atoms with Crippen molar-refractivity contribution in [3.8, 4) is 30.6 Å². The van der Waals surface area contributed by atoms with Gasteiger partial charge in [0.25, 0.3) is 0 Å². The van der Waals surface area contributed by atoms with Crippen molar-refractivity contribution in [3.05, 3.63) is 0 Å². The van der Waals surface area contributed by atoms with E-state index in [1.54, 1.807) is 0 Å². The first-order valence-electron chi connectivity index (χ1n) is 3.40. The summed E-state index contributed by atoms with van der Waals surface area (Å²) in [6.07, 6.45) is 5.44. The molecule has 0 N–H and O–H groups in total. The van der Waals surface area contributed by atoms with Crippen LogP contribution in [0.5, 0.6) is 0 Å². The van der Waals surface area contributed by atoms with E-state index in [9.17, 15) is 0 Å².